The minimum Gasteiger partial charge on any atom is -0.326 e. The summed E-state index contributed by atoms with van der Waals surface area (Å²) in [5.74, 6) is -0.362. The van der Waals surface area contributed by atoms with Gasteiger partial charge in [0.15, 0.2) is 0 Å². The molecule has 8 heteroatoms. The third kappa shape index (κ3) is 6.41. The fourth-order valence-electron chi connectivity index (χ4n) is 4.01. The molecule has 0 aliphatic carbocycles. The number of anilines is 1. The first kappa shape index (κ1) is 23.4. The zero-order chi connectivity index (χ0) is 23.3. The van der Waals surface area contributed by atoms with E-state index in [1.165, 1.54) is 9.87 Å². The molecule has 0 unspecified atom stereocenters. The van der Waals surface area contributed by atoms with Crippen LogP contribution < -0.4 is 5.32 Å². The number of aromatic nitrogens is 1. The molecule has 172 valence electrons. The summed E-state index contributed by atoms with van der Waals surface area (Å²) in [6, 6.07) is 18.7. The van der Waals surface area contributed by atoms with Crippen LogP contribution in [0.5, 0.6) is 0 Å². The quantitative estimate of drug-likeness (QED) is 0.536. The van der Waals surface area contributed by atoms with Crippen LogP contribution in [0.3, 0.4) is 0 Å². The normalized spacial score (nSPS) is 15.3. The summed E-state index contributed by atoms with van der Waals surface area (Å²) in [7, 11) is -3.45. The number of rotatable bonds is 7. The summed E-state index contributed by atoms with van der Waals surface area (Å²) in [4.78, 5) is 16.8. The molecule has 0 atom stereocenters. The highest BCUT2D eigenvalue weighted by Crippen LogP contribution is 2.24. The summed E-state index contributed by atoms with van der Waals surface area (Å²) in [5.41, 5.74) is 3.74. The first-order chi connectivity index (χ1) is 15.9. The van der Waals surface area contributed by atoms with E-state index >= 15 is 0 Å². The van der Waals surface area contributed by atoms with Crippen LogP contribution in [-0.4, -0.2) is 36.7 Å². The van der Waals surface area contributed by atoms with E-state index in [4.69, 9.17) is 11.6 Å². The maximum absolute atomic E-state index is 12.8. The number of nitrogens with zero attached hydrogens (tertiary/aromatic N) is 2. The minimum absolute atomic E-state index is 0.0660. The van der Waals surface area contributed by atoms with Gasteiger partial charge >= 0.3 is 0 Å². The number of carbonyl (C=O) groups is 1. The van der Waals surface area contributed by atoms with Crippen LogP contribution in [0.15, 0.2) is 73.1 Å². The molecule has 0 bridgehead atoms. The Labute approximate surface area is 199 Å². The lowest BCUT2D eigenvalue weighted by atomic mass is 9.97. The average molecular weight is 484 g/mol. The van der Waals surface area contributed by atoms with E-state index in [-0.39, 0.29) is 17.6 Å². The highest BCUT2D eigenvalue weighted by atomic mass is 35.5. The SMILES string of the molecule is O=C(Nc1ccc(Cc2ccncc2)cc1)C1CCN(S(=O)(=O)Cc2cccc(Cl)c2)CC1. The Bertz CT molecular complexity index is 1190. The van der Waals surface area contributed by atoms with E-state index < -0.39 is 10.0 Å². The van der Waals surface area contributed by atoms with Crippen molar-refractivity contribution < 1.29 is 13.2 Å². The molecule has 6 nitrogen and oxygen atoms in total. The molecular weight excluding hydrogens is 458 g/mol. The number of halogens is 1. The first-order valence-corrected chi connectivity index (χ1v) is 12.9. The summed E-state index contributed by atoms with van der Waals surface area (Å²) >= 11 is 5.97. The molecule has 1 aromatic heterocycles. The van der Waals surface area contributed by atoms with Crippen molar-refractivity contribution in [2.24, 2.45) is 5.92 Å². The van der Waals surface area contributed by atoms with Gasteiger partial charge in [-0.2, -0.15) is 0 Å². The van der Waals surface area contributed by atoms with Crippen molar-refractivity contribution in [3.05, 3.63) is 94.8 Å². The molecule has 0 radical (unpaired) electrons. The van der Waals surface area contributed by atoms with Crippen LogP contribution >= 0.6 is 11.6 Å². The smallest absolute Gasteiger partial charge is 0.227 e. The van der Waals surface area contributed by atoms with Crippen molar-refractivity contribution in [3.8, 4) is 0 Å². The third-order valence-corrected chi connectivity index (χ3v) is 7.92. The fourth-order valence-corrected chi connectivity index (χ4v) is 5.77. The number of amides is 1. The van der Waals surface area contributed by atoms with Crippen molar-refractivity contribution in [2.45, 2.75) is 25.0 Å². The number of sulfonamides is 1. The van der Waals surface area contributed by atoms with Gasteiger partial charge < -0.3 is 5.32 Å². The molecule has 1 aliphatic heterocycles. The van der Waals surface area contributed by atoms with E-state index in [2.05, 4.69) is 10.3 Å². The first-order valence-electron chi connectivity index (χ1n) is 10.9. The van der Waals surface area contributed by atoms with Crippen molar-refractivity contribution in [1.29, 1.82) is 0 Å². The highest BCUT2D eigenvalue weighted by Gasteiger charge is 2.31. The fraction of sp³-hybridized carbons (Fsp3) is 0.280. The van der Waals surface area contributed by atoms with Crippen LogP contribution in [0, 0.1) is 5.92 Å². The summed E-state index contributed by atoms with van der Waals surface area (Å²) in [5, 5.41) is 3.49. The number of hydrogen-bond acceptors (Lipinski definition) is 4. The van der Waals surface area contributed by atoms with E-state index in [0.717, 1.165) is 17.7 Å². The predicted octanol–water partition coefficient (Wildman–Crippen LogP) is 4.51. The number of benzene rings is 2. The van der Waals surface area contributed by atoms with Gasteiger partial charge in [-0.25, -0.2) is 12.7 Å². The van der Waals surface area contributed by atoms with E-state index in [1.54, 1.807) is 36.7 Å². The van der Waals surface area contributed by atoms with Crippen LogP contribution in [0.25, 0.3) is 0 Å². The summed E-state index contributed by atoms with van der Waals surface area (Å²) < 4.78 is 27.0. The van der Waals surface area contributed by atoms with Crippen LogP contribution in [0.1, 0.15) is 29.5 Å². The molecule has 3 aromatic rings. The second kappa shape index (κ2) is 10.5. The zero-order valence-corrected chi connectivity index (χ0v) is 19.7. The average Bonchev–Trinajstić information content (AvgIpc) is 2.81. The second-order valence-corrected chi connectivity index (χ2v) is 10.7. The molecule has 0 saturated carbocycles. The minimum atomic E-state index is -3.45. The Morgan fingerprint density at radius 2 is 1.64 bits per heavy atom. The Kier molecular flexibility index (Phi) is 7.42. The molecule has 1 N–H and O–H groups in total. The molecule has 33 heavy (non-hydrogen) atoms. The van der Waals surface area contributed by atoms with Crippen LogP contribution in [0.2, 0.25) is 5.02 Å². The molecular formula is C25H26ClN3O3S. The maximum Gasteiger partial charge on any atom is 0.227 e. The molecule has 4 rings (SSSR count). The number of carbonyl (C=O) groups excluding carboxylic acids is 1. The second-order valence-electron chi connectivity index (χ2n) is 8.28. The van der Waals surface area contributed by atoms with Gasteiger partial charge in [-0.1, -0.05) is 35.9 Å². The summed E-state index contributed by atoms with van der Waals surface area (Å²) in [6.45, 7) is 0.678. The Morgan fingerprint density at radius 3 is 2.30 bits per heavy atom. The van der Waals surface area contributed by atoms with Gasteiger partial charge in [0.05, 0.1) is 5.75 Å². The lowest BCUT2D eigenvalue weighted by molar-refractivity contribution is -0.120. The lowest BCUT2D eigenvalue weighted by Crippen LogP contribution is -2.41. The number of pyridine rings is 1. The Hall–Kier alpha value is -2.74. The van der Waals surface area contributed by atoms with Gasteiger partial charge in [-0.15, -0.1) is 0 Å². The molecule has 1 aliphatic rings. The molecule has 0 spiro atoms. The van der Waals surface area contributed by atoms with E-state index in [0.29, 0.717) is 36.5 Å². The number of hydrogen-bond donors (Lipinski definition) is 1. The van der Waals surface area contributed by atoms with Gasteiger partial charge in [-0.3, -0.25) is 9.78 Å². The van der Waals surface area contributed by atoms with E-state index in [9.17, 15) is 13.2 Å². The largest absolute Gasteiger partial charge is 0.326 e. The topological polar surface area (TPSA) is 79.4 Å². The molecule has 1 saturated heterocycles. The highest BCUT2D eigenvalue weighted by molar-refractivity contribution is 7.88. The molecule has 1 amide bonds. The van der Waals surface area contributed by atoms with Gasteiger partial charge in [0.25, 0.3) is 0 Å². The van der Waals surface area contributed by atoms with Crippen molar-refractivity contribution in [3.63, 3.8) is 0 Å². The van der Waals surface area contributed by atoms with Crippen molar-refractivity contribution in [2.75, 3.05) is 18.4 Å². The number of nitrogens with one attached hydrogen (secondary N) is 1. The van der Waals surface area contributed by atoms with Gasteiger partial charge in [0.1, 0.15) is 0 Å². The van der Waals surface area contributed by atoms with Gasteiger partial charge in [-0.05, 0) is 72.4 Å². The van der Waals surface area contributed by atoms with Gasteiger partial charge in [0, 0.05) is 42.1 Å². The van der Waals surface area contributed by atoms with Gasteiger partial charge in [0.2, 0.25) is 15.9 Å². The monoisotopic (exact) mass is 483 g/mol. The van der Waals surface area contributed by atoms with Crippen molar-refractivity contribution in [1.82, 2.24) is 9.29 Å². The van der Waals surface area contributed by atoms with Crippen LogP contribution in [0.4, 0.5) is 5.69 Å². The maximum atomic E-state index is 12.8. The number of piperidine rings is 1. The van der Waals surface area contributed by atoms with E-state index in [1.807, 2.05) is 36.4 Å². The Morgan fingerprint density at radius 1 is 0.970 bits per heavy atom. The summed E-state index contributed by atoms with van der Waals surface area (Å²) in [6.07, 6.45) is 5.36. The zero-order valence-electron chi connectivity index (χ0n) is 18.2. The molecule has 1 fully saturated rings. The molecule has 2 aromatic carbocycles. The Balaban J connectivity index is 1.28. The molecule has 2 heterocycles. The predicted molar refractivity (Wildman–Crippen MR) is 130 cm³/mol. The lowest BCUT2D eigenvalue weighted by Gasteiger charge is -2.30. The third-order valence-electron chi connectivity index (χ3n) is 5.84. The van der Waals surface area contributed by atoms with Crippen LogP contribution in [-0.2, 0) is 27.0 Å². The standard InChI is InChI=1S/C25H26ClN3O3S/c26-23-3-1-2-21(17-23)18-33(31,32)29-14-10-22(11-15-29)25(30)28-24-6-4-19(5-7-24)16-20-8-12-27-13-9-20/h1-9,12-13,17,22H,10-11,14-16,18H2,(H,28,30). The van der Waals surface area contributed by atoms with Crippen molar-refractivity contribution >= 4 is 33.2 Å².